The second-order valence-corrected chi connectivity index (χ2v) is 4.81. The van der Waals surface area contributed by atoms with Crippen molar-refractivity contribution in [2.24, 2.45) is 0 Å². The van der Waals surface area contributed by atoms with E-state index in [0.29, 0.717) is 17.0 Å². The third kappa shape index (κ3) is 3.61. The number of hydrogen-bond acceptors (Lipinski definition) is 4. The molecule has 19 heavy (non-hydrogen) atoms. The van der Waals surface area contributed by atoms with E-state index in [0.717, 1.165) is 32.4 Å². The van der Waals surface area contributed by atoms with Crippen LogP contribution in [0, 0.1) is 0 Å². The van der Waals surface area contributed by atoms with Gasteiger partial charge in [0.15, 0.2) is 0 Å². The lowest BCUT2D eigenvalue weighted by Crippen LogP contribution is -2.35. The molecule has 0 aromatic heterocycles. The molecule has 1 fully saturated rings. The van der Waals surface area contributed by atoms with Gasteiger partial charge in [-0.25, -0.2) is 0 Å². The van der Waals surface area contributed by atoms with Crippen LogP contribution in [0.5, 0.6) is 5.75 Å². The minimum absolute atomic E-state index is 0.0646. The van der Waals surface area contributed by atoms with Crippen molar-refractivity contribution in [3.63, 3.8) is 0 Å². The number of carbonyl (C=O) groups is 1. The fourth-order valence-corrected chi connectivity index (χ4v) is 2.28. The van der Waals surface area contributed by atoms with Crippen LogP contribution in [-0.2, 0) is 0 Å². The second-order valence-electron chi connectivity index (χ2n) is 4.81. The molecule has 104 valence electrons. The van der Waals surface area contributed by atoms with E-state index in [1.807, 2.05) is 0 Å². The summed E-state index contributed by atoms with van der Waals surface area (Å²) >= 11 is 0. The molecule has 1 unspecified atom stereocenters. The lowest BCUT2D eigenvalue weighted by atomic mass is 10.1. The predicted octanol–water partition coefficient (Wildman–Crippen LogP) is 1.15. The van der Waals surface area contributed by atoms with Gasteiger partial charge in [-0.05, 0) is 50.6 Å². The largest absolute Gasteiger partial charge is 0.495 e. The molecule has 1 heterocycles. The van der Waals surface area contributed by atoms with Gasteiger partial charge < -0.3 is 21.1 Å². The van der Waals surface area contributed by atoms with Crippen molar-refractivity contribution in [2.45, 2.75) is 25.3 Å². The lowest BCUT2D eigenvalue weighted by Gasteiger charge is -2.16. The Balaban J connectivity index is 2.02. The zero-order valence-electron chi connectivity index (χ0n) is 11.2. The van der Waals surface area contributed by atoms with Crippen molar-refractivity contribution in [2.75, 3.05) is 25.9 Å². The van der Waals surface area contributed by atoms with Crippen molar-refractivity contribution < 1.29 is 9.53 Å². The number of hydrogen-bond donors (Lipinski definition) is 3. The monoisotopic (exact) mass is 263 g/mol. The van der Waals surface area contributed by atoms with Crippen molar-refractivity contribution >= 4 is 11.6 Å². The third-order valence-corrected chi connectivity index (χ3v) is 3.41. The molecule has 5 heteroatoms. The van der Waals surface area contributed by atoms with E-state index in [9.17, 15) is 4.79 Å². The van der Waals surface area contributed by atoms with Gasteiger partial charge in [0.1, 0.15) is 5.75 Å². The SMILES string of the molecule is COc1cc(C(=O)NC2CCCNCC2)ccc1N. The van der Waals surface area contributed by atoms with Gasteiger partial charge in [0.25, 0.3) is 5.91 Å². The minimum Gasteiger partial charge on any atom is -0.495 e. The van der Waals surface area contributed by atoms with Crippen LogP contribution in [0.25, 0.3) is 0 Å². The van der Waals surface area contributed by atoms with Crippen LogP contribution in [-0.4, -0.2) is 32.1 Å². The maximum atomic E-state index is 12.2. The van der Waals surface area contributed by atoms with Crippen molar-refractivity contribution in [1.82, 2.24) is 10.6 Å². The Hall–Kier alpha value is -1.75. The lowest BCUT2D eigenvalue weighted by molar-refractivity contribution is 0.0934. The Morgan fingerprint density at radius 2 is 2.26 bits per heavy atom. The molecule has 1 atom stereocenters. The summed E-state index contributed by atoms with van der Waals surface area (Å²) in [4.78, 5) is 12.2. The summed E-state index contributed by atoms with van der Waals surface area (Å²) in [7, 11) is 1.55. The molecule has 5 nitrogen and oxygen atoms in total. The number of anilines is 1. The fourth-order valence-electron chi connectivity index (χ4n) is 2.28. The number of nitrogens with one attached hydrogen (secondary N) is 2. The summed E-state index contributed by atoms with van der Waals surface area (Å²) in [6.45, 7) is 1.98. The summed E-state index contributed by atoms with van der Waals surface area (Å²) in [5, 5.41) is 6.40. The second kappa shape index (κ2) is 6.43. The number of methoxy groups -OCH3 is 1. The van der Waals surface area contributed by atoms with Gasteiger partial charge in [0.05, 0.1) is 12.8 Å². The van der Waals surface area contributed by atoms with Crippen LogP contribution in [0.15, 0.2) is 18.2 Å². The highest BCUT2D eigenvalue weighted by atomic mass is 16.5. The summed E-state index contributed by atoms with van der Waals surface area (Å²) < 4.78 is 5.13. The Labute approximate surface area is 113 Å². The normalized spacial score (nSPS) is 19.5. The number of carbonyl (C=O) groups excluding carboxylic acids is 1. The topological polar surface area (TPSA) is 76.4 Å². The Morgan fingerprint density at radius 3 is 3.05 bits per heavy atom. The van der Waals surface area contributed by atoms with Crippen molar-refractivity contribution in [3.05, 3.63) is 23.8 Å². The van der Waals surface area contributed by atoms with Gasteiger partial charge in [-0.2, -0.15) is 0 Å². The standard InChI is InChI=1S/C14H21N3O2/c1-19-13-9-10(4-5-12(13)15)14(18)17-11-3-2-7-16-8-6-11/h4-5,9,11,16H,2-3,6-8,15H2,1H3,(H,17,18). The van der Waals surface area contributed by atoms with Crippen LogP contribution in [0.2, 0.25) is 0 Å². The molecular formula is C14H21N3O2. The molecule has 1 aliphatic heterocycles. The highest BCUT2D eigenvalue weighted by Crippen LogP contribution is 2.22. The van der Waals surface area contributed by atoms with E-state index >= 15 is 0 Å². The smallest absolute Gasteiger partial charge is 0.251 e. The third-order valence-electron chi connectivity index (χ3n) is 3.41. The number of nitrogen functional groups attached to an aromatic ring is 1. The van der Waals surface area contributed by atoms with E-state index in [1.54, 1.807) is 25.3 Å². The highest BCUT2D eigenvalue weighted by Gasteiger charge is 2.16. The van der Waals surface area contributed by atoms with Crippen molar-refractivity contribution in [3.8, 4) is 5.75 Å². The van der Waals surface area contributed by atoms with E-state index in [-0.39, 0.29) is 11.9 Å². The maximum absolute atomic E-state index is 12.2. The van der Waals surface area contributed by atoms with E-state index in [1.165, 1.54) is 0 Å². The fraction of sp³-hybridized carbons (Fsp3) is 0.500. The molecule has 0 saturated carbocycles. The first-order valence-electron chi connectivity index (χ1n) is 6.66. The number of ether oxygens (including phenoxy) is 1. The first kappa shape index (κ1) is 13.7. The van der Waals surface area contributed by atoms with Crippen LogP contribution in [0.3, 0.4) is 0 Å². The summed E-state index contributed by atoms with van der Waals surface area (Å²) in [5.41, 5.74) is 6.87. The zero-order valence-corrected chi connectivity index (χ0v) is 11.2. The molecule has 1 aliphatic rings. The van der Waals surface area contributed by atoms with Crippen LogP contribution in [0.1, 0.15) is 29.6 Å². The summed E-state index contributed by atoms with van der Waals surface area (Å²) in [6.07, 6.45) is 3.08. The summed E-state index contributed by atoms with van der Waals surface area (Å²) in [6, 6.07) is 5.34. The zero-order chi connectivity index (χ0) is 13.7. The molecular weight excluding hydrogens is 242 g/mol. The number of nitrogens with two attached hydrogens (primary N) is 1. The van der Waals surface area contributed by atoms with Crippen molar-refractivity contribution in [1.29, 1.82) is 0 Å². The number of rotatable bonds is 3. The molecule has 0 spiro atoms. The molecule has 1 aromatic carbocycles. The number of benzene rings is 1. The van der Waals surface area contributed by atoms with Gasteiger partial charge in [0, 0.05) is 11.6 Å². The Morgan fingerprint density at radius 1 is 1.42 bits per heavy atom. The highest BCUT2D eigenvalue weighted by molar-refractivity contribution is 5.95. The van der Waals surface area contributed by atoms with Gasteiger partial charge in [0.2, 0.25) is 0 Å². The maximum Gasteiger partial charge on any atom is 0.251 e. The molecule has 2 rings (SSSR count). The van der Waals surface area contributed by atoms with Gasteiger partial charge >= 0.3 is 0 Å². The van der Waals surface area contributed by atoms with E-state index in [2.05, 4.69) is 10.6 Å². The van der Waals surface area contributed by atoms with Crippen LogP contribution >= 0.6 is 0 Å². The molecule has 0 radical (unpaired) electrons. The quantitative estimate of drug-likeness (QED) is 0.715. The molecule has 4 N–H and O–H groups in total. The molecule has 0 bridgehead atoms. The van der Waals surface area contributed by atoms with E-state index < -0.39 is 0 Å². The minimum atomic E-state index is -0.0646. The van der Waals surface area contributed by atoms with Gasteiger partial charge in [-0.15, -0.1) is 0 Å². The molecule has 0 aliphatic carbocycles. The first-order chi connectivity index (χ1) is 9.20. The van der Waals surface area contributed by atoms with Crippen LogP contribution in [0.4, 0.5) is 5.69 Å². The first-order valence-corrected chi connectivity index (χ1v) is 6.66. The Bertz CT molecular complexity index is 440. The Kier molecular flexibility index (Phi) is 4.63. The average molecular weight is 263 g/mol. The van der Waals surface area contributed by atoms with Gasteiger partial charge in [-0.1, -0.05) is 0 Å². The summed E-state index contributed by atoms with van der Waals surface area (Å²) in [5.74, 6) is 0.473. The average Bonchev–Trinajstić information content (AvgIpc) is 2.68. The molecule has 1 amide bonds. The molecule has 1 saturated heterocycles. The molecule has 1 aromatic rings. The van der Waals surface area contributed by atoms with Crippen LogP contribution < -0.4 is 21.1 Å². The van der Waals surface area contributed by atoms with E-state index in [4.69, 9.17) is 10.5 Å². The predicted molar refractivity (Wildman–Crippen MR) is 75.4 cm³/mol. The van der Waals surface area contributed by atoms with Gasteiger partial charge in [-0.3, -0.25) is 4.79 Å². The number of amides is 1.